The lowest BCUT2D eigenvalue weighted by atomic mass is 10.1. The highest BCUT2D eigenvalue weighted by molar-refractivity contribution is 9.09. The molecule has 0 aliphatic rings. The average molecular weight is 308 g/mol. The third kappa shape index (κ3) is 15.8. The van der Waals surface area contributed by atoms with Gasteiger partial charge in [0.2, 0.25) is 0 Å². The van der Waals surface area contributed by atoms with Crippen molar-refractivity contribution >= 4 is 22.0 Å². The molecule has 0 bridgehead atoms. The van der Waals surface area contributed by atoms with Gasteiger partial charge < -0.3 is 10.5 Å². The first kappa shape index (κ1) is 16.8. The van der Waals surface area contributed by atoms with Crippen molar-refractivity contribution in [2.75, 3.05) is 11.9 Å². The molecule has 0 aromatic rings. The van der Waals surface area contributed by atoms with Crippen molar-refractivity contribution in [3.8, 4) is 0 Å². The molecule has 0 fully saturated rings. The van der Waals surface area contributed by atoms with Gasteiger partial charge in [-0.2, -0.15) is 0 Å². The van der Waals surface area contributed by atoms with E-state index in [1.165, 1.54) is 51.4 Å². The topological polar surface area (TPSA) is 52.3 Å². The molecule has 0 aliphatic heterocycles. The SMILES string of the molecule is NC(=O)OCCCCCCCCCCCCBr. The van der Waals surface area contributed by atoms with Gasteiger partial charge in [0.25, 0.3) is 0 Å². The Bertz CT molecular complexity index is 177. The minimum absolute atomic E-state index is 0.474. The second-order valence-electron chi connectivity index (χ2n) is 4.39. The van der Waals surface area contributed by atoms with Crippen molar-refractivity contribution in [1.29, 1.82) is 0 Å². The van der Waals surface area contributed by atoms with E-state index in [1.54, 1.807) is 0 Å². The van der Waals surface area contributed by atoms with Gasteiger partial charge in [0.15, 0.2) is 0 Å². The Kier molecular flexibility index (Phi) is 13.6. The standard InChI is InChI=1S/C13H26BrNO2/c14-11-9-7-5-3-1-2-4-6-8-10-12-17-13(15)16/h1-12H2,(H2,15,16). The first-order valence-corrected chi connectivity index (χ1v) is 7.87. The van der Waals surface area contributed by atoms with Crippen LogP contribution >= 0.6 is 15.9 Å². The van der Waals surface area contributed by atoms with Crippen molar-refractivity contribution in [3.05, 3.63) is 0 Å². The molecule has 1 amide bonds. The highest BCUT2D eigenvalue weighted by Crippen LogP contribution is 2.10. The number of nitrogens with two attached hydrogens (primary N) is 1. The van der Waals surface area contributed by atoms with Crippen LogP contribution in [0.2, 0.25) is 0 Å². The largest absolute Gasteiger partial charge is 0.450 e. The number of hydrogen-bond donors (Lipinski definition) is 1. The molecular weight excluding hydrogens is 282 g/mol. The van der Waals surface area contributed by atoms with Crippen LogP contribution in [0.5, 0.6) is 0 Å². The Balaban J connectivity index is 2.91. The number of primary amides is 1. The number of alkyl halides is 1. The van der Waals surface area contributed by atoms with Gasteiger partial charge in [-0.05, 0) is 12.8 Å². The summed E-state index contributed by atoms with van der Waals surface area (Å²) in [5, 5.41) is 1.14. The molecule has 0 atom stereocenters. The Labute approximate surface area is 114 Å². The molecule has 0 saturated carbocycles. The van der Waals surface area contributed by atoms with E-state index in [-0.39, 0.29) is 0 Å². The molecule has 0 heterocycles. The maximum absolute atomic E-state index is 10.3. The summed E-state index contributed by atoms with van der Waals surface area (Å²) in [4.78, 5) is 10.3. The summed E-state index contributed by atoms with van der Waals surface area (Å²) in [6.45, 7) is 0.474. The molecule has 0 spiro atoms. The zero-order valence-corrected chi connectivity index (χ0v) is 12.3. The van der Waals surface area contributed by atoms with E-state index < -0.39 is 6.09 Å². The van der Waals surface area contributed by atoms with Gasteiger partial charge in [-0.15, -0.1) is 0 Å². The van der Waals surface area contributed by atoms with Gasteiger partial charge in [0.1, 0.15) is 0 Å². The van der Waals surface area contributed by atoms with Crippen LogP contribution in [-0.4, -0.2) is 18.0 Å². The summed E-state index contributed by atoms with van der Waals surface area (Å²) in [7, 11) is 0. The van der Waals surface area contributed by atoms with Gasteiger partial charge in [-0.1, -0.05) is 67.3 Å². The number of carbonyl (C=O) groups is 1. The molecule has 0 aromatic heterocycles. The van der Waals surface area contributed by atoms with E-state index in [2.05, 4.69) is 20.7 Å². The molecule has 2 N–H and O–H groups in total. The van der Waals surface area contributed by atoms with E-state index in [1.807, 2.05) is 0 Å². The van der Waals surface area contributed by atoms with Crippen LogP contribution in [0.4, 0.5) is 4.79 Å². The van der Waals surface area contributed by atoms with E-state index in [4.69, 9.17) is 5.73 Å². The summed E-state index contributed by atoms with van der Waals surface area (Å²) < 4.78 is 4.66. The predicted octanol–water partition coefficient (Wildman–Crippen LogP) is 4.38. The molecule has 3 nitrogen and oxygen atoms in total. The second kappa shape index (κ2) is 13.8. The number of halogens is 1. The van der Waals surface area contributed by atoms with Crippen LogP contribution in [0.15, 0.2) is 0 Å². The van der Waals surface area contributed by atoms with E-state index >= 15 is 0 Å². The minimum Gasteiger partial charge on any atom is -0.450 e. The average Bonchev–Trinajstić information content (AvgIpc) is 2.30. The number of ether oxygens (including phenoxy) is 1. The molecule has 102 valence electrons. The second-order valence-corrected chi connectivity index (χ2v) is 5.19. The zero-order chi connectivity index (χ0) is 12.8. The van der Waals surface area contributed by atoms with Crippen LogP contribution in [0.25, 0.3) is 0 Å². The number of carbonyl (C=O) groups excluding carboxylic acids is 1. The van der Waals surface area contributed by atoms with E-state index in [0.29, 0.717) is 6.61 Å². The predicted molar refractivity (Wildman–Crippen MR) is 75.5 cm³/mol. The summed E-state index contributed by atoms with van der Waals surface area (Å²) in [5.41, 5.74) is 4.86. The summed E-state index contributed by atoms with van der Waals surface area (Å²) in [6, 6.07) is 0. The maximum atomic E-state index is 10.3. The normalized spacial score (nSPS) is 10.4. The molecule has 0 saturated heterocycles. The lowest BCUT2D eigenvalue weighted by Crippen LogP contribution is -2.13. The molecule has 0 unspecified atom stereocenters. The maximum Gasteiger partial charge on any atom is 0.404 e. The molecule has 0 aliphatic carbocycles. The van der Waals surface area contributed by atoms with Crippen LogP contribution in [-0.2, 0) is 4.74 Å². The Morgan fingerprint density at radius 1 is 0.824 bits per heavy atom. The highest BCUT2D eigenvalue weighted by atomic mass is 79.9. The Morgan fingerprint density at radius 3 is 1.65 bits per heavy atom. The van der Waals surface area contributed by atoms with Gasteiger partial charge >= 0.3 is 6.09 Å². The summed E-state index contributed by atoms with van der Waals surface area (Å²) in [6.07, 6.45) is 12.1. The van der Waals surface area contributed by atoms with E-state index in [0.717, 1.165) is 18.2 Å². The quantitative estimate of drug-likeness (QED) is 0.430. The smallest absolute Gasteiger partial charge is 0.404 e. The fourth-order valence-electron chi connectivity index (χ4n) is 1.78. The summed E-state index contributed by atoms with van der Waals surface area (Å²) >= 11 is 3.44. The van der Waals surface area contributed by atoms with Gasteiger partial charge in [-0.3, -0.25) is 0 Å². The third-order valence-corrected chi connectivity index (χ3v) is 3.33. The van der Waals surface area contributed by atoms with Crippen molar-refractivity contribution in [3.63, 3.8) is 0 Å². The monoisotopic (exact) mass is 307 g/mol. The first-order chi connectivity index (χ1) is 8.27. The third-order valence-electron chi connectivity index (χ3n) is 2.77. The minimum atomic E-state index is -0.659. The number of unbranched alkanes of at least 4 members (excludes halogenated alkanes) is 9. The Morgan fingerprint density at radius 2 is 1.24 bits per heavy atom. The van der Waals surface area contributed by atoms with Crippen LogP contribution in [0.3, 0.4) is 0 Å². The van der Waals surface area contributed by atoms with E-state index in [9.17, 15) is 4.79 Å². The number of rotatable bonds is 12. The molecule has 4 heteroatoms. The molecular formula is C13H26BrNO2. The highest BCUT2D eigenvalue weighted by Gasteiger charge is 1.95. The molecule has 0 rings (SSSR count). The van der Waals surface area contributed by atoms with Crippen LogP contribution in [0.1, 0.15) is 64.2 Å². The number of amides is 1. The lowest BCUT2D eigenvalue weighted by Gasteiger charge is -2.02. The van der Waals surface area contributed by atoms with Crippen molar-refractivity contribution < 1.29 is 9.53 Å². The first-order valence-electron chi connectivity index (χ1n) is 6.75. The fourth-order valence-corrected chi connectivity index (χ4v) is 2.18. The summed E-state index contributed by atoms with van der Waals surface area (Å²) in [5.74, 6) is 0. The van der Waals surface area contributed by atoms with Gasteiger partial charge in [0, 0.05) is 5.33 Å². The molecule has 17 heavy (non-hydrogen) atoms. The number of hydrogen-bond acceptors (Lipinski definition) is 2. The van der Waals surface area contributed by atoms with Gasteiger partial charge in [0.05, 0.1) is 6.61 Å². The lowest BCUT2D eigenvalue weighted by molar-refractivity contribution is 0.154. The molecule has 0 aromatic carbocycles. The zero-order valence-electron chi connectivity index (χ0n) is 10.8. The van der Waals surface area contributed by atoms with Crippen molar-refractivity contribution in [1.82, 2.24) is 0 Å². The van der Waals surface area contributed by atoms with Gasteiger partial charge in [-0.25, -0.2) is 4.79 Å². The fraction of sp³-hybridized carbons (Fsp3) is 0.923. The molecule has 0 radical (unpaired) electrons. The van der Waals surface area contributed by atoms with Crippen molar-refractivity contribution in [2.45, 2.75) is 64.2 Å². The Hall–Kier alpha value is -0.250. The van der Waals surface area contributed by atoms with Crippen LogP contribution < -0.4 is 5.73 Å². The van der Waals surface area contributed by atoms with Crippen LogP contribution in [0, 0.1) is 0 Å². The van der Waals surface area contributed by atoms with Crippen molar-refractivity contribution in [2.24, 2.45) is 5.73 Å².